The van der Waals surface area contributed by atoms with Gasteiger partial charge in [0, 0.05) is 18.7 Å². The van der Waals surface area contributed by atoms with E-state index in [1.807, 2.05) is 24.3 Å². The molecule has 6 nitrogen and oxygen atoms in total. The van der Waals surface area contributed by atoms with Crippen LogP contribution in [0.3, 0.4) is 0 Å². The molecule has 0 N–H and O–H groups in total. The number of nitrogens with zero attached hydrogens (tertiary/aromatic N) is 4. The third-order valence-electron chi connectivity index (χ3n) is 5.43. The fraction of sp³-hybridized carbons (Fsp3) is 0.526. The Bertz CT molecular complexity index is 714. The first-order valence-electron chi connectivity index (χ1n) is 9.18. The maximum Gasteiger partial charge on any atom is 0.260 e. The molecule has 2 heterocycles. The van der Waals surface area contributed by atoms with Crippen LogP contribution in [-0.2, 0) is 4.79 Å². The number of likely N-dealkylation sites (tertiary alicyclic amines) is 1. The highest BCUT2D eigenvalue weighted by Crippen LogP contribution is 2.35. The Morgan fingerprint density at radius 3 is 2.96 bits per heavy atom. The van der Waals surface area contributed by atoms with E-state index in [1.165, 1.54) is 32.0 Å². The Balaban J connectivity index is 1.39. The fourth-order valence-electron chi connectivity index (χ4n) is 4.22. The fourth-order valence-corrected chi connectivity index (χ4v) is 4.22. The molecule has 1 aliphatic heterocycles. The summed E-state index contributed by atoms with van der Waals surface area (Å²) >= 11 is 0. The quantitative estimate of drug-likeness (QED) is 0.859. The van der Waals surface area contributed by atoms with Crippen molar-refractivity contribution in [3.05, 3.63) is 36.9 Å². The maximum atomic E-state index is 12.7. The van der Waals surface area contributed by atoms with Crippen molar-refractivity contribution in [2.24, 2.45) is 5.92 Å². The molecule has 0 spiro atoms. The number of hydrogen-bond donors (Lipinski definition) is 0. The summed E-state index contributed by atoms with van der Waals surface area (Å²) in [7, 11) is 0. The molecule has 25 heavy (non-hydrogen) atoms. The zero-order valence-electron chi connectivity index (χ0n) is 14.4. The zero-order valence-corrected chi connectivity index (χ0v) is 14.4. The first-order valence-corrected chi connectivity index (χ1v) is 9.18. The first kappa shape index (κ1) is 16.1. The lowest BCUT2D eigenvalue weighted by Gasteiger charge is -2.44. The lowest BCUT2D eigenvalue weighted by molar-refractivity contribution is -0.139. The molecule has 2 fully saturated rings. The predicted molar refractivity (Wildman–Crippen MR) is 93.5 cm³/mol. The highest BCUT2D eigenvalue weighted by Gasteiger charge is 2.35. The molecular formula is C19H24N4O2. The van der Waals surface area contributed by atoms with Gasteiger partial charge in [-0.25, -0.2) is 9.67 Å². The minimum atomic E-state index is 0.101. The van der Waals surface area contributed by atoms with Crippen molar-refractivity contribution in [3.63, 3.8) is 0 Å². The van der Waals surface area contributed by atoms with Gasteiger partial charge in [-0.1, -0.05) is 18.9 Å². The van der Waals surface area contributed by atoms with Crippen LogP contribution in [0.1, 0.15) is 38.5 Å². The second-order valence-electron chi connectivity index (χ2n) is 6.97. The van der Waals surface area contributed by atoms with Gasteiger partial charge in [0.2, 0.25) is 0 Å². The largest absolute Gasteiger partial charge is 0.484 e. The highest BCUT2D eigenvalue weighted by molar-refractivity contribution is 5.78. The van der Waals surface area contributed by atoms with Crippen LogP contribution < -0.4 is 4.74 Å². The number of benzene rings is 1. The number of hydrogen-bond acceptors (Lipinski definition) is 4. The van der Waals surface area contributed by atoms with Gasteiger partial charge < -0.3 is 9.64 Å². The van der Waals surface area contributed by atoms with Crippen LogP contribution in [0.15, 0.2) is 36.9 Å². The van der Waals surface area contributed by atoms with Crippen molar-refractivity contribution in [1.29, 1.82) is 0 Å². The highest BCUT2D eigenvalue weighted by atomic mass is 16.5. The van der Waals surface area contributed by atoms with Crippen molar-refractivity contribution >= 4 is 5.91 Å². The van der Waals surface area contributed by atoms with Crippen molar-refractivity contribution in [3.8, 4) is 11.4 Å². The Labute approximate surface area is 147 Å². The predicted octanol–water partition coefficient (Wildman–Crippen LogP) is 2.83. The molecule has 6 heteroatoms. The molecule has 2 unspecified atom stereocenters. The van der Waals surface area contributed by atoms with Crippen LogP contribution >= 0.6 is 0 Å². The maximum absolute atomic E-state index is 12.7. The van der Waals surface area contributed by atoms with Crippen LogP contribution in [0.25, 0.3) is 5.69 Å². The van der Waals surface area contributed by atoms with Crippen LogP contribution in [0.2, 0.25) is 0 Å². The van der Waals surface area contributed by atoms with Crippen molar-refractivity contribution in [1.82, 2.24) is 19.7 Å². The summed E-state index contributed by atoms with van der Waals surface area (Å²) in [4.78, 5) is 18.7. The van der Waals surface area contributed by atoms with Gasteiger partial charge in [0.15, 0.2) is 6.61 Å². The van der Waals surface area contributed by atoms with E-state index in [2.05, 4.69) is 15.0 Å². The second-order valence-corrected chi connectivity index (χ2v) is 6.97. The summed E-state index contributed by atoms with van der Waals surface area (Å²) in [6.07, 6.45) is 10.5. The molecule has 1 aliphatic carbocycles. The molecule has 0 bridgehead atoms. The van der Waals surface area contributed by atoms with E-state index in [0.29, 0.717) is 17.7 Å². The van der Waals surface area contributed by atoms with Crippen molar-refractivity contribution in [2.45, 2.75) is 44.6 Å². The summed E-state index contributed by atoms with van der Waals surface area (Å²) in [6.45, 7) is 0.979. The van der Waals surface area contributed by atoms with E-state index >= 15 is 0 Å². The van der Waals surface area contributed by atoms with Crippen LogP contribution in [0, 0.1) is 5.92 Å². The molecule has 1 saturated heterocycles. The van der Waals surface area contributed by atoms with Crippen LogP contribution in [0.5, 0.6) is 5.75 Å². The number of carbonyl (C=O) groups is 1. The average Bonchev–Trinajstić information content (AvgIpc) is 3.21. The number of fused-ring (bicyclic) bond motifs is 1. The van der Waals surface area contributed by atoms with E-state index in [0.717, 1.165) is 25.1 Å². The number of carbonyl (C=O) groups excluding carboxylic acids is 1. The molecule has 1 saturated carbocycles. The lowest BCUT2D eigenvalue weighted by Crippen LogP contribution is -2.51. The number of rotatable bonds is 4. The summed E-state index contributed by atoms with van der Waals surface area (Å²) < 4.78 is 7.46. The molecule has 1 amide bonds. The van der Waals surface area contributed by atoms with Crippen LogP contribution in [-0.4, -0.2) is 44.8 Å². The van der Waals surface area contributed by atoms with Gasteiger partial charge in [-0.2, -0.15) is 5.10 Å². The SMILES string of the molecule is O=C(COc1cccc(-n2cncn2)c1)N1CCCC2CCCCC21. The molecule has 2 atom stereocenters. The third kappa shape index (κ3) is 3.52. The van der Waals surface area contributed by atoms with Crippen molar-refractivity contribution in [2.75, 3.05) is 13.2 Å². The van der Waals surface area contributed by atoms with E-state index in [1.54, 1.807) is 11.0 Å². The first-order chi connectivity index (χ1) is 12.3. The van der Waals surface area contributed by atoms with Gasteiger partial charge >= 0.3 is 0 Å². The lowest BCUT2D eigenvalue weighted by atomic mass is 9.78. The molecule has 2 aliphatic rings. The Kier molecular flexibility index (Phi) is 4.68. The van der Waals surface area contributed by atoms with Gasteiger partial charge in [-0.05, 0) is 43.7 Å². The summed E-state index contributed by atoms with van der Waals surface area (Å²) in [5.41, 5.74) is 0.868. The zero-order chi connectivity index (χ0) is 17.1. The minimum absolute atomic E-state index is 0.101. The smallest absolute Gasteiger partial charge is 0.260 e. The van der Waals surface area contributed by atoms with E-state index in [9.17, 15) is 4.79 Å². The molecule has 1 aromatic heterocycles. The van der Waals surface area contributed by atoms with Crippen LogP contribution in [0.4, 0.5) is 0 Å². The number of aromatic nitrogens is 3. The van der Waals surface area contributed by atoms with E-state index in [4.69, 9.17) is 4.74 Å². The summed E-state index contributed by atoms with van der Waals surface area (Å²) in [5.74, 6) is 1.49. The van der Waals surface area contributed by atoms with E-state index < -0.39 is 0 Å². The van der Waals surface area contributed by atoms with Gasteiger partial charge in [0.05, 0.1) is 5.69 Å². The molecule has 2 aromatic rings. The second kappa shape index (κ2) is 7.25. The number of ether oxygens (including phenoxy) is 1. The minimum Gasteiger partial charge on any atom is -0.484 e. The van der Waals surface area contributed by atoms with Gasteiger partial charge in [-0.3, -0.25) is 4.79 Å². The molecular weight excluding hydrogens is 316 g/mol. The van der Waals surface area contributed by atoms with Gasteiger partial charge in [-0.15, -0.1) is 0 Å². The molecule has 4 rings (SSSR count). The van der Waals surface area contributed by atoms with E-state index in [-0.39, 0.29) is 12.5 Å². The summed E-state index contributed by atoms with van der Waals surface area (Å²) in [5, 5.41) is 4.12. The van der Waals surface area contributed by atoms with Crippen molar-refractivity contribution < 1.29 is 9.53 Å². The molecule has 1 aromatic carbocycles. The number of amides is 1. The Hall–Kier alpha value is -2.37. The average molecular weight is 340 g/mol. The third-order valence-corrected chi connectivity index (χ3v) is 5.43. The normalized spacial score (nSPS) is 23.1. The standard InChI is InChI=1S/C19H24N4O2/c24-19(22-10-4-6-15-5-1-2-9-18(15)22)12-25-17-8-3-7-16(11-17)23-14-20-13-21-23/h3,7-8,11,13-15,18H,1-2,4-6,9-10,12H2. The van der Waals surface area contributed by atoms with Gasteiger partial charge in [0.25, 0.3) is 5.91 Å². The number of piperidine rings is 1. The summed E-state index contributed by atoms with van der Waals surface area (Å²) in [6, 6.07) is 8.00. The topological polar surface area (TPSA) is 60.3 Å². The monoisotopic (exact) mass is 340 g/mol. The molecule has 0 radical (unpaired) electrons. The van der Waals surface area contributed by atoms with Gasteiger partial charge in [0.1, 0.15) is 18.4 Å². The molecule has 132 valence electrons. The Morgan fingerprint density at radius 2 is 2.08 bits per heavy atom. The Morgan fingerprint density at radius 1 is 1.20 bits per heavy atom.